The molecule has 0 saturated heterocycles. The van der Waals surface area contributed by atoms with Crippen LogP contribution in [0.25, 0.3) is 0 Å². The summed E-state index contributed by atoms with van der Waals surface area (Å²) >= 11 is 0. The van der Waals surface area contributed by atoms with Crippen molar-refractivity contribution >= 4 is 29.8 Å². The fraction of sp³-hybridized carbons (Fsp3) is 0.567. The summed E-state index contributed by atoms with van der Waals surface area (Å²) < 4.78 is 42.3. The second-order valence-corrected chi connectivity index (χ2v) is 9.93. The summed E-state index contributed by atoms with van der Waals surface area (Å²) in [6.45, 7) is 26.8. The molecule has 0 aliphatic carbocycles. The van der Waals surface area contributed by atoms with Crippen LogP contribution in [0.4, 0.5) is 0 Å². The van der Waals surface area contributed by atoms with Crippen LogP contribution in [0.3, 0.4) is 0 Å². The molecule has 0 aromatic rings. The minimum Gasteiger partial charge on any atom is -0.453 e. The SMILES string of the molecule is C=C(C)C(=O)OC(C)C(OC(=O)C(=C)C)OC(C)C(=O)OCOC(=O)C(C)OC(OC(=O)C(=C)C)C(C)OC(C)C(=C)C. The van der Waals surface area contributed by atoms with Gasteiger partial charge < -0.3 is 37.9 Å². The Balaban J connectivity index is 5.23. The highest BCUT2D eigenvalue weighted by molar-refractivity contribution is 5.88. The summed E-state index contributed by atoms with van der Waals surface area (Å²) in [5, 5.41) is 0. The number of rotatable bonds is 19. The molecule has 13 heteroatoms. The molecule has 0 saturated carbocycles. The van der Waals surface area contributed by atoms with Gasteiger partial charge in [0.05, 0.1) is 6.10 Å². The lowest BCUT2D eigenvalue weighted by molar-refractivity contribution is -0.231. The maximum Gasteiger partial charge on any atom is 0.338 e. The highest BCUT2D eigenvalue weighted by atomic mass is 16.8. The molecule has 242 valence electrons. The predicted octanol–water partition coefficient (Wildman–Crippen LogP) is 3.61. The van der Waals surface area contributed by atoms with Crippen molar-refractivity contribution in [2.75, 3.05) is 6.79 Å². The smallest absolute Gasteiger partial charge is 0.338 e. The van der Waals surface area contributed by atoms with E-state index in [1.807, 2.05) is 0 Å². The molecule has 13 nitrogen and oxygen atoms in total. The van der Waals surface area contributed by atoms with Gasteiger partial charge in [-0.25, -0.2) is 24.0 Å². The van der Waals surface area contributed by atoms with Gasteiger partial charge >= 0.3 is 29.8 Å². The van der Waals surface area contributed by atoms with Crippen molar-refractivity contribution in [2.45, 2.75) is 105 Å². The monoisotopic (exact) mass is 612 g/mol. The fourth-order valence-corrected chi connectivity index (χ4v) is 2.60. The summed E-state index contributed by atoms with van der Waals surface area (Å²) in [6.07, 6.45) is -7.83. The van der Waals surface area contributed by atoms with E-state index >= 15 is 0 Å². The fourth-order valence-electron chi connectivity index (χ4n) is 2.60. The van der Waals surface area contributed by atoms with Gasteiger partial charge in [0.15, 0.2) is 18.3 Å². The second-order valence-electron chi connectivity index (χ2n) is 9.93. The normalized spacial score (nSPS) is 15.7. The van der Waals surface area contributed by atoms with Crippen molar-refractivity contribution < 1.29 is 61.9 Å². The van der Waals surface area contributed by atoms with E-state index in [0.717, 1.165) is 0 Å². The van der Waals surface area contributed by atoms with Gasteiger partial charge in [-0.2, -0.15) is 0 Å². The van der Waals surface area contributed by atoms with Crippen LogP contribution in [0.5, 0.6) is 0 Å². The lowest BCUT2D eigenvalue weighted by Gasteiger charge is -2.28. The van der Waals surface area contributed by atoms with Crippen LogP contribution in [0.2, 0.25) is 0 Å². The zero-order valence-electron chi connectivity index (χ0n) is 26.4. The summed E-state index contributed by atoms with van der Waals surface area (Å²) in [6, 6.07) is 0. The molecule has 0 aromatic carbocycles. The van der Waals surface area contributed by atoms with Gasteiger partial charge in [-0.3, -0.25) is 0 Å². The van der Waals surface area contributed by atoms with E-state index in [1.54, 1.807) is 20.8 Å². The van der Waals surface area contributed by atoms with Crippen molar-refractivity contribution in [3.05, 3.63) is 48.6 Å². The van der Waals surface area contributed by atoms with Crippen LogP contribution in [-0.2, 0) is 61.9 Å². The Kier molecular flexibility index (Phi) is 17.0. The Bertz CT molecular complexity index is 1080. The number of carbonyl (C=O) groups excluding carboxylic acids is 5. The van der Waals surface area contributed by atoms with Gasteiger partial charge in [-0.15, -0.1) is 0 Å². The number of hydrogen-bond donors (Lipinski definition) is 0. The molecule has 0 aliphatic rings. The molecule has 0 radical (unpaired) electrons. The zero-order chi connectivity index (χ0) is 33.6. The minimum absolute atomic E-state index is 0.0356. The molecule has 0 aliphatic heterocycles. The van der Waals surface area contributed by atoms with E-state index in [1.165, 1.54) is 41.5 Å². The largest absolute Gasteiger partial charge is 0.453 e. The number of ether oxygens (including phenoxy) is 8. The van der Waals surface area contributed by atoms with Crippen molar-refractivity contribution in [1.82, 2.24) is 0 Å². The van der Waals surface area contributed by atoms with Gasteiger partial charge in [0, 0.05) is 16.7 Å². The lowest BCUT2D eigenvalue weighted by atomic mass is 10.2. The first-order chi connectivity index (χ1) is 19.8. The van der Waals surface area contributed by atoms with Gasteiger partial charge in [-0.1, -0.05) is 31.9 Å². The minimum atomic E-state index is -1.51. The third-order valence-electron chi connectivity index (χ3n) is 5.41. The molecular weight excluding hydrogens is 568 g/mol. The molecule has 0 N–H and O–H groups in total. The first kappa shape index (κ1) is 39.2. The molecular formula is C30H44O13. The average molecular weight is 613 g/mol. The van der Waals surface area contributed by atoms with E-state index in [-0.39, 0.29) is 16.7 Å². The van der Waals surface area contributed by atoms with Crippen LogP contribution in [0.15, 0.2) is 48.6 Å². The van der Waals surface area contributed by atoms with Gasteiger partial charge in [0.1, 0.15) is 6.10 Å². The molecule has 43 heavy (non-hydrogen) atoms. The third kappa shape index (κ3) is 14.8. The van der Waals surface area contributed by atoms with Crippen LogP contribution in [-0.4, -0.2) is 79.7 Å². The predicted molar refractivity (Wildman–Crippen MR) is 153 cm³/mol. The van der Waals surface area contributed by atoms with Crippen molar-refractivity contribution in [3.8, 4) is 0 Å². The number of esters is 5. The number of hydrogen-bond acceptors (Lipinski definition) is 13. The van der Waals surface area contributed by atoms with Gasteiger partial charge in [-0.05, 0) is 62.3 Å². The summed E-state index contributed by atoms with van der Waals surface area (Å²) in [5.41, 5.74) is 0.945. The Morgan fingerprint density at radius 2 is 0.860 bits per heavy atom. The van der Waals surface area contributed by atoms with E-state index < -0.39 is 79.7 Å². The Hall–Kier alpha value is -3.81. The summed E-state index contributed by atoms with van der Waals surface area (Å²) in [7, 11) is 0. The second kappa shape index (κ2) is 18.7. The van der Waals surface area contributed by atoms with Gasteiger partial charge in [0.25, 0.3) is 0 Å². The van der Waals surface area contributed by atoms with E-state index in [4.69, 9.17) is 37.9 Å². The average Bonchev–Trinajstić information content (AvgIpc) is 2.91. The summed E-state index contributed by atoms with van der Waals surface area (Å²) in [5.74, 6) is -4.34. The van der Waals surface area contributed by atoms with Crippen molar-refractivity contribution in [3.63, 3.8) is 0 Å². The van der Waals surface area contributed by atoms with Crippen LogP contribution in [0.1, 0.15) is 62.3 Å². The Labute approximate surface area is 252 Å². The third-order valence-corrected chi connectivity index (χ3v) is 5.41. The van der Waals surface area contributed by atoms with Crippen LogP contribution in [0, 0.1) is 0 Å². The van der Waals surface area contributed by atoms with Crippen LogP contribution >= 0.6 is 0 Å². The van der Waals surface area contributed by atoms with E-state index in [9.17, 15) is 24.0 Å². The molecule has 7 unspecified atom stereocenters. The lowest BCUT2D eigenvalue weighted by Crippen LogP contribution is -2.41. The topological polar surface area (TPSA) is 159 Å². The summed E-state index contributed by atoms with van der Waals surface area (Å²) in [4.78, 5) is 61.0. The van der Waals surface area contributed by atoms with Crippen LogP contribution < -0.4 is 0 Å². The molecule has 0 amide bonds. The molecule has 0 aromatic heterocycles. The zero-order valence-corrected chi connectivity index (χ0v) is 26.4. The standard InChI is InChI=1S/C30H44O13/c1-15(2)19(9)38-22(12)29(42-25(32)17(5)6)40-20(10)27(34)36-14-37-28(35)21(11)41-30(43-26(33)18(7)8)23(13)39-24(31)16(3)4/h19-23,29-30H,1,3,5,7,14H2,2,4,6,8-13H3. The Morgan fingerprint density at radius 1 is 0.512 bits per heavy atom. The molecule has 7 atom stereocenters. The number of carbonyl (C=O) groups is 5. The highest BCUT2D eigenvalue weighted by Gasteiger charge is 2.32. The molecule has 0 spiro atoms. The molecule has 0 bridgehead atoms. The molecule has 0 heterocycles. The molecule has 0 rings (SSSR count). The first-order valence-corrected chi connectivity index (χ1v) is 13.3. The maximum atomic E-state index is 12.5. The van der Waals surface area contributed by atoms with Crippen molar-refractivity contribution in [2.24, 2.45) is 0 Å². The maximum absolute atomic E-state index is 12.5. The highest BCUT2D eigenvalue weighted by Crippen LogP contribution is 2.17. The van der Waals surface area contributed by atoms with E-state index in [0.29, 0.717) is 5.57 Å². The van der Waals surface area contributed by atoms with E-state index in [2.05, 4.69) is 26.3 Å². The Morgan fingerprint density at radius 3 is 1.21 bits per heavy atom. The van der Waals surface area contributed by atoms with Gasteiger partial charge in [0.2, 0.25) is 19.4 Å². The van der Waals surface area contributed by atoms with Crippen molar-refractivity contribution in [1.29, 1.82) is 0 Å². The molecule has 0 fully saturated rings. The first-order valence-electron chi connectivity index (χ1n) is 13.3. The quantitative estimate of drug-likeness (QED) is 0.0685.